The van der Waals surface area contributed by atoms with E-state index in [0.717, 1.165) is 11.1 Å². The zero-order valence-corrected chi connectivity index (χ0v) is 19.4. The largest absolute Gasteiger partial charge is 0.468 e. The lowest BCUT2D eigenvalue weighted by atomic mass is 9.89. The Morgan fingerprint density at radius 2 is 2.03 bits per heavy atom. The number of halogens is 2. The first-order chi connectivity index (χ1) is 15.9. The summed E-state index contributed by atoms with van der Waals surface area (Å²) in [6.45, 7) is -0.0271. The van der Waals surface area contributed by atoms with E-state index in [9.17, 15) is 9.90 Å². The highest BCUT2D eigenvalue weighted by molar-refractivity contribution is 6.36. The van der Waals surface area contributed by atoms with Crippen molar-refractivity contribution in [3.8, 4) is 11.3 Å². The molecule has 0 amide bonds. The first-order valence-electron chi connectivity index (χ1n) is 10.3. The molecule has 7 heteroatoms. The zero-order valence-electron chi connectivity index (χ0n) is 17.9. The van der Waals surface area contributed by atoms with Gasteiger partial charge in [0, 0.05) is 23.2 Å². The third kappa shape index (κ3) is 5.45. The van der Waals surface area contributed by atoms with Crippen LogP contribution in [-0.4, -0.2) is 33.3 Å². The Morgan fingerprint density at radius 3 is 2.70 bits per heavy atom. The van der Waals surface area contributed by atoms with E-state index in [-0.39, 0.29) is 6.54 Å². The number of carbonyl (C=O) groups excluding carboxylic acids is 1. The van der Waals surface area contributed by atoms with Crippen LogP contribution in [0, 0.1) is 0 Å². The number of hydrogen-bond acceptors (Lipinski definition) is 4. The van der Waals surface area contributed by atoms with Crippen LogP contribution in [0.5, 0.6) is 0 Å². The molecule has 1 aliphatic rings. The highest BCUT2D eigenvalue weighted by Crippen LogP contribution is 2.31. The summed E-state index contributed by atoms with van der Waals surface area (Å²) in [6.07, 6.45) is 11.2. The van der Waals surface area contributed by atoms with E-state index >= 15 is 0 Å². The molecule has 1 aromatic heterocycles. The molecule has 0 bridgehead atoms. The molecule has 1 atom stereocenters. The lowest BCUT2D eigenvalue weighted by Crippen LogP contribution is -2.23. The number of aromatic nitrogens is 2. The fourth-order valence-corrected chi connectivity index (χ4v) is 4.06. The van der Waals surface area contributed by atoms with E-state index < -0.39 is 11.6 Å². The lowest BCUT2D eigenvalue weighted by Gasteiger charge is -2.23. The van der Waals surface area contributed by atoms with E-state index in [2.05, 4.69) is 4.98 Å². The van der Waals surface area contributed by atoms with Gasteiger partial charge in [-0.15, -0.1) is 0 Å². The van der Waals surface area contributed by atoms with E-state index in [1.165, 1.54) is 7.11 Å². The third-order valence-corrected chi connectivity index (χ3v) is 5.92. The lowest BCUT2D eigenvalue weighted by molar-refractivity contribution is -0.141. The predicted molar refractivity (Wildman–Crippen MR) is 132 cm³/mol. The summed E-state index contributed by atoms with van der Waals surface area (Å²) in [5, 5.41) is 12.0. The van der Waals surface area contributed by atoms with Crippen molar-refractivity contribution in [2.75, 3.05) is 7.11 Å². The topological polar surface area (TPSA) is 64.4 Å². The van der Waals surface area contributed by atoms with Crippen molar-refractivity contribution in [3.63, 3.8) is 0 Å². The van der Waals surface area contributed by atoms with Crippen molar-refractivity contribution >= 4 is 40.8 Å². The van der Waals surface area contributed by atoms with Crippen molar-refractivity contribution < 1.29 is 14.6 Å². The minimum Gasteiger partial charge on any atom is -0.468 e. The maximum Gasteiger partial charge on any atom is 0.325 e. The predicted octanol–water partition coefficient (Wildman–Crippen LogP) is 5.82. The van der Waals surface area contributed by atoms with Gasteiger partial charge >= 0.3 is 5.97 Å². The summed E-state index contributed by atoms with van der Waals surface area (Å²) in [4.78, 5) is 16.6. The maximum atomic E-state index is 11.9. The average molecular weight is 481 g/mol. The molecule has 1 heterocycles. The molecule has 0 radical (unpaired) electrons. The first kappa shape index (κ1) is 23.1. The molecule has 0 fully saturated rings. The molecule has 0 spiro atoms. The van der Waals surface area contributed by atoms with E-state index in [4.69, 9.17) is 27.9 Å². The van der Waals surface area contributed by atoms with Crippen LogP contribution < -0.4 is 0 Å². The van der Waals surface area contributed by atoms with Gasteiger partial charge in [-0.1, -0.05) is 65.7 Å². The minimum absolute atomic E-state index is 0.0271. The number of aliphatic hydroxyl groups is 1. The molecule has 4 rings (SSSR count). The number of nitrogens with zero attached hydrogens (tertiary/aromatic N) is 2. The van der Waals surface area contributed by atoms with Crippen molar-refractivity contribution in [1.82, 2.24) is 9.55 Å². The van der Waals surface area contributed by atoms with Gasteiger partial charge in [0.05, 0.1) is 17.8 Å². The highest BCUT2D eigenvalue weighted by atomic mass is 35.5. The van der Waals surface area contributed by atoms with Gasteiger partial charge in [-0.05, 0) is 47.6 Å². The van der Waals surface area contributed by atoms with Crippen molar-refractivity contribution in [1.29, 1.82) is 0 Å². The van der Waals surface area contributed by atoms with Gasteiger partial charge in [0.25, 0.3) is 0 Å². The average Bonchev–Trinajstić information content (AvgIpc) is 3.21. The van der Waals surface area contributed by atoms with E-state index in [0.29, 0.717) is 33.5 Å². The summed E-state index contributed by atoms with van der Waals surface area (Å²) in [5.41, 5.74) is 2.25. The minimum atomic E-state index is -1.17. The molecule has 2 aromatic carbocycles. The quantitative estimate of drug-likeness (QED) is 0.451. The van der Waals surface area contributed by atoms with Crippen LogP contribution in [0.15, 0.2) is 79.0 Å². The van der Waals surface area contributed by atoms with Gasteiger partial charge in [0.15, 0.2) is 0 Å². The standard InChI is InChI=1S/C26H22Cl2N2O3/c1-33-25(31)17-30-16-23(21-8-7-20(27)15-22(21)28)29-24(30)11-14-26(32)12-9-19(10-13-26)18-5-3-2-4-6-18/h2-12,14-16,32H,13,17H2,1H3. The van der Waals surface area contributed by atoms with Crippen LogP contribution >= 0.6 is 23.2 Å². The Morgan fingerprint density at radius 1 is 1.24 bits per heavy atom. The van der Waals surface area contributed by atoms with Gasteiger partial charge in [-0.25, -0.2) is 4.98 Å². The summed E-state index contributed by atoms with van der Waals surface area (Å²) in [7, 11) is 1.33. The molecule has 0 saturated carbocycles. The summed E-state index contributed by atoms with van der Waals surface area (Å²) < 4.78 is 6.46. The molecule has 1 unspecified atom stereocenters. The smallest absolute Gasteiger partial charge is 0.325 e. The van der Waals surface area contributed by atoms with Crippen LogP contribution in [0.2, 0.25) is 10.0 Å². The number of rotatable bonds is 6. The van der Waals surface area contributed by atoms with Crippen molar-refractivity contribution in [2.24, 2.45) is 0 Å². The molecule has 3 aromatic rings. The molecule has 1 aliphatic carbocycles. The van der Waals surface area contributed by atoms with Gasteiger partial charge in [-0.3, -0.25) is 4.79 Å². The fraction of sp³-hybridized carbons (Fsp3) is 0.154. The molecule has 1 N–H and O–H groups in total. The molecular formula is C26H22Cl2N2O3. The molecular weight excluding hydrogens is 459 g/mol. The number of esters is 1. The van der Waals surface area contributed by atoms with Crippen LogP contribution in [0.1, 0.15) is 17.8 Å². The number of allylic oxidation sites excluding steroid dienone is 2. The van der Waals surface area contributed by atoms with Crippen LogP contribution in [0.25, 0.3) is 22.9 Å². The number of hydrogen-bond donors (Lipinski definition) is 1. The monoisotopic (exact) mass is 480 g/mol. The van der Waals surface area contributed by atoms with Crippen molar-refractivity contribution in [3.05, 3.63) is 100 Å². The Balaban J connectivity index is 1.61. The van der Waals surface area contributed by atoms with Crippen molar-refractivity contribution in [2.45, 2.75) is 18.6 Å². The van der Waals surface area contributed by atoms with Gasteiger partial charge < -0.3 is 14.4 Å². The highest BCUT2D eigenvalue weighted by Gasteiger charge is 2.23. The zero-order chi connectivity index (χ0) is 23.4. The number of ether oxygens (including phenoxy) is 1. The van der Waals surface area contributed by atoms with E-state index in [1.807, 2.05) is 42.5 Å². The second kappa shape index (κ2) is 9.79. The SMILES string of the molecule is COC(=O)Cn1cc(-c2ccc(Cl)cc2Cl)nc1C=CC1(O)C=CC(c2ccccc2)=CC1. The fourth-order valence-electron chi connectivity index (χ4n) is 3.55. The van der Waals surface area contributed by atoms with Gasteiger partial charge in [0.1, 0.15) is 18.0 Å². The Kier molecular flexibility index (Phi) is 6.84. The Hall–Kier alpha value is -3.12. The van der Waals surface area contributed by atoms with Crippen LogP contribution in [0.4, 0.5) is 0 Å². The molecule has 0 saturated heterocycles. The van der Waals surface area contributed by atoms with Crippen LogP contribution in [0.3, 0.4) is 0 Å². The number of imidazole rings is 1. The normalized spacial score (nSPS) is 17.9. The molecule has 33 heavy (non-hydrogen) atoms. The summed E-state index contributed by atoms with van der Waals surface area (Å²) in [6, 6.07) is 15.1. The van der Waals surface area contributed by atoms with Crippen LogP contribution in [-0.2, 0) is 16.1 Å². The molecule has 0 aliphatic heterocycles. The number of benzene rings is 2. The van der Waals surface area contributed by atoms with Gasteiger partial charge in [-0.2, -0.15) is 0 Å². The summed E-state index contributed by atoms with van der Waals surface area (Å²) >= 11 is 12.4. The number of carbonyl (C=O) groups is 1. The Labute approximate surface area is 202 Å². The second-order valence-corrected chi connectivity index (χ2v) is 8.54. The first-order valence-corrected chi connectivity index (χ1v) is 11.1. The maximum absolute atomic E-state index is 11.9. The summed E-state index contributed by atoms with van der Waals surface area (Å²) in [5.74, 6) is 0.0728. The third-order valence-electron chi connectivity index (χ3n) is 5.37. The molecule has 5 nitrogen and oxygen atoms in total. The molecule has 168 valence electrons. The second-order valence-electron chi connectivity index (χ2n) is 7.70. The van der Waals surface area contributed by atoms with E-state index in [1.54, 1.807) is 47.2 Å². The Bertz CT molecular complexity index is 1260. The number of methoxy groups -OCH3 is 1. The van der Waals surface area contributed by atoms with Gasteiger partial charge in [0.2, 0.25) is 0 Å².